The fourth-order valence-electron chi connectivity index (χ4n) is 0.427. The van der Waals surface area contributed by atoms with Crippen molar-refractivity contribution in [3.8, 4) is 6.07 Å². The van der Waals surface area contributed by atoms with Gasteiger partial charge in [-0.2, -0.15) is 5.26 Å². The summed E-state index contributed by atoms with van der Waals surface area (Å²) in [5.41, 5.74) is 0. The van der Waals surface area contributed by atoms with E-state index < -0.39 is 17.9 Å². The molecule has 0 aliphatic heterocycles. The standard InChI is InChI=1S/C6H7NO4.Na/c1-2-11-6(10)4(3-7)5(8)9;/h4H,2H2,1H3,(H,8,9);/q;+1/p-1. The monoisotopic (exact) mass is 179 g/mol. The number of esters is 1. The topological polar surface area (TPSA) is 90.2 Å². The number of carboxylic acid groups (broad SMARTS) is 1. The molecule has 0 amide bonds. The fraction of sp³-hybridized carbons (Fsp3) is 0.500. The summed E-state index contributed by atoms with van der Waals surface area (Å²) in [7, 11) is 0. The van der Waals surface area contributed by atoms with Gasteiger partial charge in [-0.3, -0.25) is 4.79 Å². The van der Waals surface area contributed by atoms with E-state index in [0.717, 1.165) is 0 Å². The van der Waals surface area contributed by atoms with E-state index in [2.05, 4.69) is 4.74 Å². The van der Waals surface area contributed by atoms with Gasteiger partial charge in [0.2, 0.25) is 0 Å². The molecule has 0 radical (unpaired) electrons. The zero-order valence-corrected chi connectivity index (χ0v) is 8.86. The smallest absolute Gasteiger partial charge is 0.548 e. The van der Waals surface area contributed by atoms with E-state index in [1.54, 1.807) is 0 Å². The minimum absolute atomic E-state index is 0. The maximum Gasteiger partial charge on any atom is 1.00 e. The summed E-state index contributed by atoms with van der Waals surface area (Å²) in [4.78, 5) is 20.6. The summed E-state index contributed by atoms with van der Waals surface area (Å²) in [6.07, 6.45) is 0. The first-order chi connectivity index (χ1) is 5.13. The first kappa shape index (κ1) is 14.0. The van der Waals surface area contributed by atoms with Gasteiger partial charge in [-0.15, -0.1) is 0 Å². The van der Waals surface area contributed by atoms with E-state index in [1.807, 2.05) is 0 Å². The van der Waals surface area contributed by atoms with Gasteiger partial charge in [0.05, 0.1) is 18.6 Å². The average molecular weight is 179 g/mol. The second kappa shape index (κ2) is 7.10. The van der Waals surface area contributed by atoms with Crippen LogP contribution < -0.4 is 34.7 Å². The van der Waals surface area contributed by atoms with E-state index >= 15 is 0 Å². The Kier molecular flexibility index (Phi) is 8.27. The van der Waals surface area contributed by atoms with Crippen LogP contribution in [0.1, 0.15) is 6.92 Å². The molecule has 0 aromatic heterocycles. The zero-order chi connectivity index (χ0) is 8.85. The SMILES string of the molecule is CCOC(=O)C(C#N)C(=O)[O-].[Na+]. The van der Waals surface area contributed by atoms with Crippen molar-refractivity contribution in [2.75, 3.05) is 6.61 Å². The van der Waals surface area contributed by atoms with Gasteiger partial charge in [0.1, 0.15) is 0 Å². The Morgan fingerprint density at radius 2 is 2.17 bits per heavy atom. The Morgan fingerprint density at radius 1 is 1.67 bits per heavy atom. The Labute approximate surface area is 91.6 Å². The van der Waals surface area contributed by atoms with Crippen molar-refractivity contribution in [1.82, 2.24) is 0 Å². The Balaban J connectivity index is 0. The molecule has 0 N–H and O–H groups in total. The van der Waals surface area contributed by atoms with E-state index in [4.69, 9.17) is 5.26 Å². The molecule has 0 aromatic rings. The van der Waals surface area contributed by atoms with E-state index in [9.17, 15) is 14.7 Å². The summed E-state index contributed by atoms with van der Waals surface area (Å²) >= 11 is 0. The molecule has 0 heterocycles. The number of ether oxygens (including phenoxy) is 1. The van der Waals surface area contributed by atoms with Crippen LogP contribution in [-0.4, -0.2) is 18.5 Å². The molecular formula is C6H6NNaO4. The summed E-state index contributed by atoms with van der Waals surface area (Å²) in [5, 5.41) is 18.1. The van der Waals surface area contributed by atoms with Gasteiger partial charge in [0.25, 0.3) is 0 Å². The molecule has 1 atom stereocenters. The van der Waals surface area contributed by atoms with Crippen LogP contribution in [0.15, 0.2) is 0 Å². The summed E-state index contributed by atoms with van der Waals surface area (Å²) < 4.78 is 4.27. The normalized spacial score (nSPS) is 10.3. The number of hydrogen-bond donors (Lipinski definition) is 0. The van der Waals surface area contributed by atoms with Crippen LogP contribution in [0.3, 0.4) is 0 Å². The molecular weight excluding hydrogens is 173 g/mol. The van der Waals surface area contributed by atoms with E-state index in [0.29, 0.717) is 0 Å². The molecule has 0 aliphatic carbocycles. The van der Waals surface area contributed by atoms with Gasteiger partial charge in [-0.25, -0.2) is 0 Å². The third-order valence-electron chi connectivity index (χ3n) is 0.887. The molecule has 6 heteroatoms. The van der Waals surface area contributed by atoms with Gasteiger partial charge in [0.15, 0.2) is 5.92 Å². The molecule has 0 aliphatic rings. The largest absolute Gasteiger partial charge is 1.00 e. The van der Waals surface area contributed by atoms with Gasteiger partial charge >= 0.3 is 35.5 Å². The third-order valence-corrected chi connectivity index (χ3v) is 0.887. The number of carboxylic acids is 1. The molecule has 0 fully saturated rings. The summed E-state index contributed by atoms with van der Waals surface area (Å²) in [6, 6.07) is 1.25. The van der Waals surface area contributed by atoms with Crippen LogP contribution >= 0.6 is 0 Å². The number of nitrogens with zero attached hydrogens (tertiary/aromatic N) is 1. The van der Waals surface area contributed by atoms with Crippen molar-refractivity contribution in [1.29, 1.82) is 5.26 Å². The van der Waals surface area contributed by atoms with Gasteiger partial charge in [-0.1, -0.05) is 0 Å². The van der Waals surface area contributed by atoms with E-state index in [1.165, 1.54) is 13.0 Å². The minimum Gasteiger partial charge on any atom is -0.548 e. The fourth-order valence-corrected chi connectivity index (χ4v) is 0.427. The van der Waals surface area contributed by atoms with Crippen LogP contribution in [0.2, 0.25) is 0 Å². The predicted molar refractivity (Wildman–Crippen MR) is 30.7 cm³/mol. The molecule has 1 unspecified atom stereocenters. The first-order valence-corrected chi connectivity index (χ1v) is 2.90. The van der Waals surface area contributed by atoms with Gasteiger partial charge in [0, 0.05) is 0 Å². The summed E-state index contributed by atoms with van der Waals surface area (Å²) in [5.74, 6) is -4.61. The molecule has 0 aromatic carbocycles. The Bertz CT molecular complexity index is 210. The number of carbonyl (C=O) groups excluding carboxylic acids is 2. The van der Waals surface area contributed by atoms with Crippen molar-refractivity contribution in [2.24, 2.45) is 5.92 Å². The third kappa shape index (κ3) is 4.34. The average Bonchev–Trinajstić information content (AvgIpc) is 1.88. The first-order valence-electron chi connectivity index (χ1n) is 2.90. The molecule has 0 bridgehead atoms. The van der Waals surface area contributed by atoms with Crippen molar-refractivity contribution >= 4 is 11.9 Å². The van der Waals surface area contributed by atoms with E-state index in [-0.39, 0.29) is 36.2 Å². The number of nitriles is 1. The van der Waals surface area contributed by atoms with Crippen LogP contribution in [0.25, 0.3) is 0 Å². The van der Waals surface area contributed by atoms with Crippen molar-refractivity contribution in [3.05, 3.63) is 0 Å². The molecule has 12 heavy (non-hydrogen) atoms. The van der Waals surface area contributed by atoms with Crippen LogP contribution in [0.5, 0.6) is 0 Å². The predicted octanol–water partition coefficient (Wildman–Crippen LogP) is -4.56. The van der Waals surface area contributed by atoms with Crippen molar-refractivity contribution in [2.45, 2.75) is 6.92 Å². The van der Waals surface area contributed by atoms with Gasteiger partial charge < -0.3 is 14.6 Å². The number of aliphatic carboxylic acids is 1. The molecule has 5 nitrogen and oxygen atoms in total. The summed E-state index contributed by atoms with van der Waals surface area (Å²) in [6.45, 7) is 1.56. The van der Waals surface area contributed by atoms with Crippen molar-refractivity contribution in [3.63, 3.8) is 0 Å². The minimum atomic E-state index is -1.81. The second-order valence-corrected chi connectivity index (χ2v) is 1.63. The van der Waals surface area contributed by atoms with Gasteiger partial charge in [-0.05, 0) is 6.92 Å². The molecule has 60 valence electrons. The Morgan fingerprint density at radius 3 is 2.42 bits per heavy atom. The zero-order valence-electron chi connectivity index (χ0n) is 6.86. The molecule has 0 spiro atoms. The molecule has 0 saturated heterocycles. The van der Waals surface area contributed by atoms with Crippen LogP contribution in [0.4, 0.5) is 0 Å². The number of carbonyl (C=O) groups is 2. The second-order valence-electron chi connectivity index (χ2n) is 1.63. The van der Waals surface area contributed by atoms with Crippen LogP contribution in [-0.2, 0) is 14.3 Å². The number of rotatable bonds is 3. The maximum atomic E-state index is 10.6. The van der Waals surface area contributed by atoms with Crippen molar-refractivity contribution < 1.29 is 49.0 Å². The number of hydrogen-bond acceptors (Lipinski definition) is 5. The molecule has 0 saturated carbocycles. The quantitative estimate of drug-likeness (QED) is 0.247. The Hall–Kier alpha value is -0.570. The maximum absolute atomic E-state index is 10.6. The molecule has 0 rings (SSSR count). The van der Waals surface area contributed by atoms with Crippen LogP contribution in [0, 0.1) is 17.2 Å².